The third-order valence-corrected chi connectivity index (χ3v) is 4.48. The van der Waals surface area contributed by atoms with E-state index in [1.807, 2.05) is 7.05 Å². The number of hydrogen-bond donors (Lipinski definition) is 2. The van der Waals surface area contributed by atoms with Crippen molar-refractivity contribution < 1.29 is 4.74 Å². The van der Waals surface area contributed by atoms with Crippen LogP contribution in [-0.4, -0.2) is 36.8 Å². The van der Waals surface area contributed by atoms with Crippen molar-refractivity contribution in [1.82, 2.24) is 9.97 Å². The lowest BCUT2D eigenvalue weighted by molar-refractivity contribution is 0.183. The highest BCUT2D eigenvalue weighted by Gasteiger charge is 2.18. The average molecular weight is 295 g/mol. The molecule has 20 heavy (non-hydrogen) atoms. The molecule has 6 nitrogen and oxygen atoms in total. The summed E-state index contributed by atoms with van der Waals surface area (Å²) in [6.07, 6.45) is 0.989. The van der Waals surface area contributed by atoms with Gasteiger partial charge in [-0.15, -0.1) is 11.3 Å². The number of aryl methyl sites for hydroxylation is 1. The molecule has 2 rings (SSSR count). The highest BCUT2D eigenvalue weighted by Crippen LogP contribution is 2.32. The van der Waals surface area contributed by atoms with E-state index in [1.54, 1.807) is 18.4 Å². The van der Waals surface area contributed by atoms with E-state index < -0.39 is 0 Å². The number of hydrogen-bond acceptors (Lipinski definition) is 7. The molecule has 1 unspecified atom stereocenters. The quantitative estimate of drug-likeness (QED) is 0.627. The standard InChI is InChI=1S/C13H21N5OS/c1-5-9-6-10-11(18(3)8(2)7-19-4)15-13(17-14)16-12(10)20-9/h6,8H,5,7,14H2,1-4H3,(H,15,16,17). The van der Waals surface area contributed by atoms with Crippen molar-refractivity contribution in [2.45, 2.75) is 26.3 Å². The molecule has 2 heterocycles. The fraction of sp³-hybridized carbons (Fsp3) is 0.538. The van der Waals surface area contributed by atoms with Crippen LogP contribution in [0.15, 0.2) is 6.07 Å². The van der Waals surface area contributed by atoms with Gasteiger partial charge in [-0.3, -0.25) is 5.43 Å². The third kappa shape index (κ3) is 2.84. The number of fused-ring (bicyclic) bond motifs is 1. The summed E-state index contributed by atoms with van der Waals surface area (Å²) in [5.74, 6) is 6.79. The van der Waals surface area contributed by atoms with Gasteiger partial charge in [-0.05, 0) is 19.4 Å². The van der Waals surface area contributed by atoms with Crippen LogP contribution in [0.25, 0.3) is 10.2 Å². The number of nitrogens with zero attached hydrogens (tertiary/aromatic N) is 3. The predicted octanol–water partition coefficient (Wildman–Crippen LogP) is 2.01. The van der Waals surface area contributed by atoms with Crippen molar-refractivity contribution in [1.29, 1.82) is 0 Å². The molecule has 0 saturated heterocycles. The Kier molecular flexibility index (Phi) is 4.74. The maximum atomic E-state index is 5.47. The number of hydrazine groups is 1. The molecule has 0 saturated carbocycles. The van der Waals surface area contributed by atoms with Crippen LogP contribution in [0, 0.1) is 0 Å². The molecule has 0 aliphatic heterocycles. The van der Waals surface area contributed by atoms with Gasteiger partial charge in [0.1, 0.15) is 10.6 Å². The fourth-order valence-electron chi connectivity index (χ4n) is 2.03. The molecule has 2 aromatic rings. The molecule has 2 aromatic heterocycles. The molecule has 110 valence electrons. The second-order valence-electron chi connectivity index (χ2n) is 4.72. The third-order valence-electron chi connectivity index (χ3n) is 3.30. The lowest BCUT2D eigenvalue weighted by atomic mass is 10.2. The van der Waals surface area contributed by atoms with Gasteiger partial charge in [-0.1, -0.05) is 6.92 Å². The second-order valence-corrected chi connectivity index (χ2v) is 5.83. The Bertz CT molecular complexity index is 585. The van der Waals surface area contributed by atoms with Crippen LogP contribution in [0.3, 0.4) is 0 Å². The van der Waals surface area contributed by atoms with Crippen LogP contribution >= 0.6 is 11.3 Å². The minimum Gasteiger partial charge on any atom is -0.383 e. The molecule has 0 bridgehead atoms. The largest absolute Gasteiger partial charge is 0.383 e. The van der Waals surface area contributed by atoms with Gasteiger partial charge in [0.25, 0.3) is 0 Å². The second kappa shape index (κ2) is 6.34. The van der Waals surface area contributed by atoms with Gasteiger partial charge >= 0.3 is 0 Å². The minimum absolute atomic E-state index is 0.216. The van der Waals surface area contributed by atoms with Crippen molar-refractivity contribution in [3.8, 4) is 0 Å². The zero-order valence-electron chi connectivity index (χ0n) is 12.3. The monoisotopic (exact) mass is 295 g/mol. The molecule has 1 atom stereocenters. The topological polar surface area (TPSA) is 76.3 Å². The number of rotatable bonds is 6. The Morgan fingerprint density at radius 2 is 2.25 bits per heavy atom. The van der Waals surface area contributed by atoms with Gasteiger partial charge in [0.05, 0.1) is 18.0 Å². The summed E-state index contributed by atoms with van der Waals surface area (Å²) in [6, 6.07) is 2.37. The van der Waals surface area contributed by atoms with E-state index in [2.05, 4.69) is 40.2 Å². The normalized spacial score (nSPS) is 12.7. The van der Waals surface area contributed by atoms with E-state index in [0.29, 0.717) is 12.6 Å². The number of thiophene rings is 1. The highest BCUT2D eigenvalue weighted by atomic mass is 32.1. The molecular weight excluding hydrogens is 274 g/mol. The van der Waals surface area contributed by atoms with E-state index >= 15 is 0 Å². The van der Waals surface area contributed by atoms with E-state index in [9.17, 15) is 0 Å². The molecule has 0 amide bonds. The number of anilines is 2. The van der Waals surface area contributed by atoms with Gasteiger partial charge in [0.2, 0.25) is 5.95 Å². The van der Waals surface area contributed by atoms with Crippen molar-refractivity contribution in [3.63, 3.8) is 0 Å². The Morgan fingerprint density at radius 1 is 1.50 bits per heavy atom. The summed E-state index contributed by atoms with van der Waals surface area (Å²) in [7, 11) is 3.71. The van der Waals surface area contributed by atoms with Crippen LogP contribution in [0.1, 0.15) is 18.7 Å². The van der Waals surface area contributed by atoms with Gasteiger partial charge < -0.3 is 9.64 Å². The van der Waals surface area contributed by atoms with Crippen LogP contribution in [0.5, 0.6) is 0 Å². The number of ether oxygens (including phenoxy) is 1. The van der Waals surface area contributed by atoms with Crippen molar-refractivity contribution in [2.75, 3.05) is 31.1 Å². The molecule has 0 aliphatic rings. The molecule has 0 radical (unpaired) electrons. The van der Waals surface area contributed by atoms with E-state index in [1.165, 1.54) is 4.88 Å². The Labute approximate surface area is 122 Å². The smallest absolute Gasteiger partial charge is 0.240 e. The first-order chi connectivity index (χ1) is 9.60. The van der Waals surface area contributed by atoms with E-state index in [0.717, 1.165) is 22.5 Å². The summed E-state index contributed by atoms with van der Waals surface area (Å²) >= 11 is 1.68. The lowest BCUT2D eigenvalue weighted by Gasteiger charge is -2.26. The molecule has 3 N–H and O–H groups in total. The Balaban J connectivity index is 2.51. The highest BCUT2D eigenvalue weighted by molar-refractivity contribution is 7.18. The summed E-state index contributed by atoms with van der Waals surface area (Å²) in [6.45, 7) is 4.87. The number of nitrogens with one attached hydrogen (secondary N) is 1. The van der Waals surface area contributed by atoms with Gasteiger partial charge in [0, 0.05) is 19.0 Å². The number of aromatic nitrogens is 2. The van der Waals surface area contributed by atoms with Gasteiger partial charge in [-0.25, -0.2) is 10.8 Å². The summed E-state index contributed by atoms with van der Waals surface area (Å²) in [5, 5.41) is 1.07. The molecular formula is C13H21N5OS. The maximum Gasteiger partial charge on any atom is 0.240 e. The molecule has 7 heteroatoms. The number of methoxy groups -OCH3 is 1. The minimum atomic E-state index is 0.216. The zero-order chi connectivity index (χ0) is 14.7. The van der Waals surface area contributed by atoms with Crippen LogP contribution < -0.4 is 16.2 Å². The number of nitrogens with two attached hydrogens (primary N) is 1. The summed E-state index contributed by atoms with van der Waals surface area (Å²) in [5.41, 5.74) is 2.54. The maximum absolute atomic E-state index is 5.47. The van der Waals surface area contributed by atoms with Crippen molar-refractivity contribution >= 4 is 33.3 Å². The average Bonchev–Trinajstić information content (AvgIpc) is 2.88. The Morgan fingerprint density at radius 3 is 2.85 bits per heavy atom. The van der Waals surface area contributed by atoms with Crippen molar-refractivity contribution in [2.24, 2.45) is 5.84 Å². The first-order valence-electron chi connectivity index (χ1n) is 6.59. The van der Waals surface area contributed by atoms with Crippen molar-refractivity contribution in [3.05, 3.63) is 10.9 Å². The lowest BCUT2D eigenvalue weighted by Crippen LogP contribution is -2.33. The molecule has 0 spiro atoms. The number of nitrogen functional groups attached to an aromatic ring is 1. The van der Waals surface area contributed by atoms with Crippen LogP contribution in [0.2, 0.25) is 0 Å². The summed E-state index contributed by atoms with van der Waals surface area (Å²) < 4.78 is 5.22. The predicted molar refractivity (Wildman–Crippen MR) is 84.3 cm³/mol. The summed E-state index contributed by atoms with van der Waals surface area (Å²) in [4.78, 5) is 13.3. The van der Waals surface area contributed by atoms with Gasteiger partial charge in [0.15, 0.2) is 0 Å². The van der Waals surface area contributed by atoms with Crippen LogP contribution in [0.4, 0.5) is 11.8 Å². The van der Waals surface area contributed by atoms with Gasteiger partial charge in [-0.2, -0.15) is 4.98 Å². The fourth-order valence-corrected chi connectivity index (χ4v) is 2.99. The molecule has 0 aromatic carbocycles. The van der Waals surface area contributed by atoms with E-state index in [4.69, 9.17) is 10.6 Å². The first kappa shape index (κ1) is 15.0. The van der Waals surface area contributed by atoms with Crippen LogP contribution in [-0.2, 0) is 11.2 Å². The van der Waals surface area contributed by atoms with E-state index in [-0.39, 0.29) is 6.04 Å². The Hall–Kier alpha value is -1.44. The SMILES string of the molecule is CCc1cc2c(N(C)C(C)COC)nc(NN)nc2s1. The number of likely N-dealkylation sites (N-methyl/N-ethyl adjacent to an activating group) is 1. The first-order valence-corrected chi connectivity index (χ1v) is 7.41. The zero-order valence-corrected chi connectivity index (χ0v) is 13.1. The molecule has 0 fully saturated rings. The molecule has 0 aliphatic carbocycles.